The quantitative estimate of drug-likeness (QED) is 0.227. The van der Waals surface area contributed by atoms with E-state index in [4.69, 9.17) is 4.74 Å². The van der Waals surface area contributed by atoms with Gasteiger partial charge in [-0.05, 0) is 67.8 Å². The first kappa shape index (κ1) is 27.9. The van der Waals surface area contributed by atoms with Crippen LogP contribution in [0, 0.1) is 10.7 Å². The maximum Gasteiger partial charge on any atom is 0.254 e. The van der Waals surface area contributed by atoms with E-state index >= 15 is 0 Å². The lowest BCUT2D eigenvalue weighted by Crippen LogP contribution is -2.64. The van der Waals surface area contributed by atoms with Crippen molar-refractivity contribution < 1.29 is 39.5 Å². The molecule has 5 atom stereocenters. The predicted molar refractivity (Wildman–Crippen MR) is 139 cm³/mol. The summed E-state index contributed by atoms with van der Waals surface area (Å²) in [5.41, 5.74) is 0.819. The number of rotatable bonds is 5. The van der Waals surface area contributed by atoms with Crippen LogP contribution < -0.4 is 15.5 Å². The summed E-state index contributed by atoms with van der Waals surface area (Å²) in [5, 5.41) is 45.0. The molecule has 3 amide bonds. The van der Waals surface area contributed by atoms with Crippen LogP contribution in [0.3, 0.4) is 0 Å². The second-order valence-electron chi connectivity index (χ2n) is 7.03. The number of amides is 3. The van der Waals surface area contributed by atoms with Crippen molar-refractivity contribution >= 4 is 96.9 Å². The molecule has 1 saturated heterocycles. The third kappa shape index (κ3) is 5.63. The standard InChI is InChI=1S/C18H22I3N3O8/c1-5(26)22-12-9(19)8(10(20)14(11(12)21)24(3)6(2)27)17(30)23-13-16(29)15(28)7(4-25)32-18(13)31/h7,13,15-16,18,25,28-29,31H,4H2,1-3H3,(H,22,26)(H,23,30)/t7-,13-,15+,16-,18+/m0/s1. The molecule has 1 aromatic rings. The molecular weight excluding hydrogens is 767 g/mol. The lowest BCUT2D eigenvalue weighted by atomic mass is 9.96. The number of benzene rings is 1. The maximum absolute atomic E-state index is 13.2. The van der Waals surface area contributed by atoms with Gasteiger partial charge in [0.1, 0.15) is 24.4 Å². The number of aliphatic hydroxyl groups is 4. The van der Waals surface area contributed by atoms with Crippen LogP contribution >= 0.6 is 67.8 Å². The van der Waals surface area contributed by atoms with Gasteiger partial charge < -0.3 is 40.7 Å². The highest BCUT2D eigenvalue weighted by molar-refractivity contribution is 14.1. The van der Waals surface area contributed by atoms with Crippen molar-refractivity contribution in [3.8, 4) is 0 Å². The number of halogens is 3. The molecule has 0 unspecified atom stereocenters. The number of hydrogen-bond acceptors (Lipinski definition) is 8. The first-order chi connectivity index (χ1) is 14.8. The molecule has 1 aromatic carbocycles. The SMILES string of the molecule is CC(=O)Nc1c(I)c(C(=O)N[C@H]2[C@H](O)[C@H](O)[C@H](CO)O[C@H]2O)c(I)c(N(C)C(C)=O)c1I. The van der Waals surface area contributed by atoms with Gasteiger partial charge in [-0.25, -0.2) is 0 Å². The molecule has 0 spiro atoms. The number of carbonyl (C=O) groups is 3. The molecule has 2 rings (SSSR count). The van der Waals surface area contributed by atoms with Gasteiger partial charge in [0.15, 0.2) is 6.29 Å². The fourth-order valence-electron chi connectivity index (χ4n) is 3.06. The van der Waals surface area contributed by atoms with Crippen molar-refractivity contribution in [3.63, 3.8) is 0 Å². The summed E-state index contributed by atoms with van der Waals surface area (Å²) in [4.78, 5) is 38.4. The Bertz CT molecular complexity index is 931. The lowest BCUT2D eigenvalue weighted by molar-refractivity contribution is -0.252. The molecule has 14 heteroatoms. The van der Waals surface area contributed by atoms with Crippen LogP contribution in [0.1, 0.15) is 24.2 Å². The summed E-state index contributed by atoms with van der Waals surface area (Å²) in [7, 11) is 1.53. The van der Waals surface area contributed by atoms with Crippen LogP contribution in [0.25, 0.3) is 0 Å². The normalized spacial score (nSPS) is 25.2. The van der Waals surface area contributed by atoms with Crippen molar-refractivity contribution in [1.29, 1.82) is 0 Å². The van der Waals surface area contributed by atoms with Gasteiger partial charge in [-0.3, -0.25) is 14.4 Å². The first-order valence-electron chi connectivity index (χ1n) is 9.17. The molecule has 1 aliphatic heterocycles. The topological polar surface area (TPSA) is 169 Å². The zero-order valence-electron chi connectivity index (χ0n) is 17.1. The van der Waals surface area contributed by atoms with Gasteiger partial charge in [-0.15, -0.1) is 0 Å². The van der Waals surface area contributed by atoms with E-state index in [1.807, 2.05) is 67.8 Å². The van der Waals surface area contributed by atoms with E-state index in [9.17, 15) is 34.8 Å². The first-order valence-corrected chi connectivity index (χ1v) is 12.4. The summed E-state index contributed by atoms with van der Waals surface area (Å²) in [6, 6.07) is -1.40. The van der Waals surface area contributed by atoms with Crippen LogP contribution in [-0.2, 0) is 14.3 Å². The molecule has 1 heterocycles. The number of nitrogens with one attached hydrogen (secondary N) is 2. The van der Waals surface area contributed by atoms with E-state index in [1.165, 1.54) is 25.8 Å². The molecule has 0 aliphatic carbocycles. The van der Waals surface area contributed by atoms with Gasteiger partial charge in [0.05, 0.1) is 34.3 Å². The third-order valence-electron chi connectivity index (χ3n) is 4.83. The number of anilines is 2. The molecular formula is C18H22I3N3O8. The number of aliphatic hydroxyl groups excluding tert-OH is 4. The van der Waals surface area contributed by atoms with Gasteiger partial charge in [0.25, 0.3) is 5.91 Å². The van der Waals surface area contributed by atoms with Crippen molar-refractivity contribution in [2.45, 2.75) is 44.5 Å². The Labute approximate surface area is 224 Å². The van der Waals surface area contributed by atoms with Crippen LogP contribution in [0.2, 0.25) is 0 Å². The monoisotopic (exact) mass is 789 g/mol. The molecule has 11 nitrogen and oxygen atoms in total. The Morgan fingerprint density at radius 3 is 2.12 bits per heavy atom. The largest absolute Gasteiger partial charge is 0.394 e. The summed E-state index contributed by atoms with van der Waals surface area (Å²) in [6.45, 7) is 2.03. The minimum absolute atomic E-state index is 0.0941. The number of carbonyl (C=O) groups excluding carboxylic acids is 3. The average Bonchev–Trinajstić information content (AvgIpc) is 2.70. The molecule has 178 valence electrons. The second-order valence-corrected chi connectivity index (χ2v) is 10.3. The molecule has 32 heavy (non-hydrogen) atoms. The fraction of sp³-hybridized carbons (Fsp3) is 0.500. The smallest absolute Gasteiger partial charge is 0.254 e. The maximum atomic E-state index is 13.2. The zero-order valence-corrected chi connectivity index (χ0v) is 23.6. The molecule has 0 aromatic heterocycles. The Kier molecular flexibility index (Phi) is 9.89. The van der Waals surface area contributed by atoms with Crippen molar-refractivity contribution in [3.05, 3.63) is 16.3 Å². The summed E-state index contributed by atoms with van der Waals surface area (Å²) < 4.78 is 6.40. The fourth-order valence-corrected chi connectivity index (χ4v) is 7.71. The van der Waals surface area contributed by atoms with E-state index in [0.717, 1.165) is 0 Å². The molecule has 0 saturated carbocycles. The van der Waals surface area contributed by atoms with Crippen molar-refractivity contribution in [2.75, 3.05) is 23.9 Å². The third-order valence-corrected chi connectivity index (χ3v) is 8.01. The van der Waals surface area contributed by atoms with Gasteiger partial charge in [-0.1, -0.05) is 0 Å². The van der Waals surface area contributed by atoms with Crippen LogP contribution in [-0.4, -0.2) is 82.4 Å². The molecule has 1 fully saturated rings. The van der Waals surface area contributed by atoms with Crippen LogP contribution in [0.4, 0.5) is 11.4 Å². The highest BCUT2D eigenvalue weighted by atomic mass is 127. The van der Waals surface area contributed by atoms with Gasteiger partial charge in [0, 0.05) is 20.9 Å². The Balaban J connectivity index is 2.56. The minimum atomic E-state index is -1.69. The van der Waals surface area contributed by atoms with Gasteiger partial charge >= 0.3 is 0 Å². The highest BCUT2D eigenvalue weighted by Gasteiger charge is 2.44. The Hall–Kier alpha value is -0.380. The van der Waals surface area contributed by atoms with E-state index in [1.54, 1.807) is 0 Å². The summed E-state index contributed by atoms with van der Waals surface area (Å²) in [6.07, 6.45) is -6.07. The van der Waals surface area contributed by atoms with E-state index in [2.05, 4.69) is 10.6 Å². The zero-order chi connectivity index (χ0) is 24.5. The van der Waals surface area contributed by atoms with Gasteiger partial charge in [0.2, 0.25) is 11.8 Å². The Morgan fingerprint density at radius 2 is 1.62 bits per heavy atom. The molecule has 1 aliphatic rings. The van der Waals surface area contributed by atoms with E-state index in [-0.39, 0.29) is 17.4 Å². The minimum Gasteiger partial charge on any atom is -0.394 e. The predicted octanol–water partition coefficient (Wildman–Crippen LogP) is -0.0288. The molecule has 0 radical (unpaired) electrons. The van der Waals surface area contributed by atoms with Crippen LogP contribution in [0.15, 0.2) is 0 Å². The van der Waals surface area contributed by atoms with Gasteiger partial charge in [-0.2, -0.15) is 0 Å². The highest BCUT2D eigenvalue weighted by Crippen LogP contribution is 2.40. The number of ether oxygens (including phenoxy) is 1. The molecule has 6 N–H and O–H groups in total. The second kappa shape index (κ2) is 11.4. The number of hydrogen-bond donors (Lipinski definition) is 6. The van der Waals surface area contributed by atoms with E-state index in [0.29, 0.717) is 22.1 Å². The van der Waals surface area contributed by atoms with E-state index < -0.39 is 43.2 Å². The molecule has 0 bridgehead atoms. The summed E-state index contributed by atoms with van der Waals surface area (Å²) in [5.74, 6) is -1.41. The summed E-state index contributed by atoms with van der Waals surface area (Å²) >= 11 is 5.78. The van der Waals surface area contributed by atoms with Crippen molar-refractivity contribution in [2.24, 2.45) is 0 Å². The lowest BCUT2D eigenvalue weighted by Gasteiger charge is -2.40. The number of nitrogens with zero attached hydrogens (tertiary/aromatic N) is 1. The van der Waals surface area contributed by atoms with Crippen molar-refractivity contribution in [1.82, 2.24) is 5.32 Å². The Morgan fingerprint density at radius 1 is 1.03 bits per heavy atom. The van der Waals surface area contributed by atoms with Crippen LogP contribution in [0.5, 0.6) is 0 Å². The average molecular weight is 789 g/mol.